The molecule has 0 aromatic heterocycles. The minimum absolute atomic E-state index is 0.00827. The number of hydroxylamine groups is 4. The van der Waals surface area contributed by atoms with E-state index in [4.69, 9.17) is 20.3 Å². The number of carboxylic acids is 2. The number of nitrogens with zero attached hydrogens (tertiary/aromatic N) is 5. The summed E-state index contributed by atoms with van der Waals surface area (Å²) in [5.41, 5.74) is 3.24. The largest absolute Gasteiger partial charge is 0.481 e. The fraction of sp³-hybridized carbons (Fsp3) is 0.625. The minimum atomic E-state index is -0.716. The molecule has 7 fully saturated rings. The molecule has 2 unspecified atom stereocenters. The van der Waals surface area contributed by atoms with Gasteiger partial charge in [0.05, 0.1) is 28.3 Å². The second kappa shape index (κ2) is 65.8. The maximum Gasteiger partial charge on any atom is 0.336 e. The number of nitrogens with one attached hydrogen (secondary N) is 3. The molecule has 4 saturated heterocycles. The van der Waals surface area contributed by atoms with E-state index in [0.29, 0.717) is 184 Å². The van der Waals surface area contributed by atoms with Crippen LogP contribution >= 0.6 is 36.2 Å². The number of unbranched alkanes of at least 4 members (excludes halogenated alkanes) is 15. The molecule has 758 valence electrons. The highest BCUT2D eigenvalue weighted by Gasteiger charge is 2.41. The van der Waals surface area contributed by atoms with E-state index in [1.807, 2.05) is 91.0 Å². The molecule has 3 aromatic rings. The van der Waals surface area contributed by atoms with Crippen molar-refractivity contribution in [3.63, 3.8) is 0 Å². The standard InChI is InChI=1S/C36H49N3O8S.C32H46N2O6S.C18H26N2O5.C14H20OS.C4H5NO3/c40-29(23-26-11-5-3-6-12-26)13-7-1-2-10-22-48-30-24-34(44)38(35(30)45)21-9-4-8-14-31(41)37-25-27-15-17-28(18-16-27)36(46)47-39-32(42)19-20-33(39)43;35-27(21-24-11-5-3-6-12-24)13-7-1-2-10-20-41-28-22-30(37)34(31(28)38)19-9-4-8-14-29(36)33-23-25-15-17-26(18-16-25)32(39)40;21-15(19-12-13-5-7-14(8-6-13)18(24)25)4-2-1-3-11-20-16(22)9-10-17(20)23;15-14(10-6-1-2-7-11-16)12-13-8-4-3-5-9-13;6-3-1-2-4(7)5(3)8/h3,5-6,11-12,27-28,30H,1-2,4,7-10,13-25H2,(H,37,41);3,5-6,11-12,25-26,28H,1-2,4,7-10,13-23H2,(H,33,36)(H,39,40);9-10,13-14H,1-8,11-12H2,(H,19,21)(H,24,25);3-5,8-9,16H,1-2,6-7,10-12H2;8H,1-2H2. The Morgan fingerprint density at radius 1 is 0.348 bits per heavy atom. The molecular weight excluding hydrogens is 1830 g/mol. The first-order chi connectivity index (χ1) is 66.5. The van der Waals surface area contributed by atoms with Crippen molar-refractivity contribution >= 4 is 148 Å². The number of aliphatic carboxylic acids is 2. The zero-order valence-corrected chi connectivity index (χ0v) is 82.8. The summed E-state index contributed by atoms with van der Waals surface area (Å²) in [4.78, 5) is 233. The van der Waals surface area contributed by atoms with Gasteiger partial charge in [-0.15, -0.1) is 28.6 Å². The SMILES string of the molecule is O=C(CCCCCCS)Cc1ccccc1.O=C(CCCCCCSC1CC(=O)N(CCCCCC(=O)NCC2CCC(C(=O)O)CC2)C1=O)Cc1ccccc1.O=C(CCCCCCSC1CC(=O)N(CCCCCC(=O)NCC2CCC(C(=O)ON3C(=O)CCC3=O)CC2)C1=O)Cc1ccccc1.O=C(CCCCCN1C(=O)C=CC1=O)NCC1CCC(C(=O)O)CC1.O=C1CCC(=O)N1O. The van der Waals surface area contributed by atoms with Crippen molar-refractivity contribution in [2.45, 2.75) is 319 Å². The number of carboxylic acid groups (broad SMARTS) is 2. The molecule has 0 bridgehead atoms. The molecule has 31 nitrogen and oxygen atoms in total. The van der Waals surface area contributed by atoms with Gasteiger partial charge >= 0.3 is 17.9 Å². The van der Waals surface area contributed by atoms with Crippen LogP contribution in [0.15, 0.2) is 103 Å². The highest BCUT2D eigenvalue weighted by molar-refractivity contribution is 8.00. The van der Waals surface area contributed by atoms with Gasteiger partial charge in [0, 0.05) is 148 Å². The van der Waals surface area contributed by atoms with Gasteiger partial charge in [0.1, 0.15) is 17.3 Å². The molecule has 5 aliphatic heterocycles. The molecule has 138 heavy (non-hydrogen) atoms. The summed E-state index contributed by atoms with van der Waals surface area (Å²) in [5.74, 6) is -1.21. The monoisotopic (exact) mass is 1970 g/mol. The van der Waals surface area contributed by atoms with Crippen LogP contribution in [0.2, 0.25) is 0 Å². The van der Waals surface area contributed by atoms with E-state index < -0.39 is 41.5 Å². The van der Waals surface area contributed by atoms with Crippen molar-refractivity contribution in [1.29, 1.82) is 0 Å². The van der Waals surface area contributed by atoms with Crippen LogP contribution in [-0.4, -0.2) is 219 Å². The average Bonchev–Trinajstić information content (AvgIpc) is 1.69. The highest BCUT2D eigenvalue weighted by atomic mass is 32.2. The quantitative estimate of drug-likeness (QED) is 0.0119. The first kappa shape index (κ1) is 115. The first-order valence-corrected chi connectivity index (χ1v) is 52.9. The third-order valence-electron chi connectivity index (χ3n) is 26.1. The number of hydrogen-bond acceptors (Lipinski definition) is 24. The van der Waals surface area contributed by atoms with E-state index in [1.54, 1.807) is 23.5 Å². The molecule has 0 radical (unpaired) electrons. The van der Waals surface area contributed by atoms with Crippen LogP contribution in [-0.2, 0) is 115 Å². The number of ketones is 3. The van der Waals surface area contributed by atoms with Gasteiger partial charge in [-0.2, -0.15) is 17.7 Å². The van der Waals surface area contributed by atoms with E-state index >= 15 is 0 Å². The number of imide groups is 5. The Labute approximate surface area is 826 Å². The van der Waals surface area contributed by atoms with Crippen LogP contribution in [0.25, 0.3) is 0 Å². The Balaban J connectivity index is 0.000000258. The summed E-state index contributed by atoms with van der Waals surface area (Å²) in [6.45, 7) is 2.97. The fourth-order valence-electron chi connectivity index (χ4n) is 17.7. The van der Waals surface area contributed by atoms with Gasteiger partial charge in [0.2, 0.25) is 41.4 Å². The average molecular weight is 1970 g/mol. The minimum Gasteiger partial charge on any atom is -0.481 e. The van der Waals surface area contributed by atoms with E-state index in [0.717, 1.165) is 175 Å². The Hall–Kier alpha value is -10.1. The van der Waals surface area contributed by atoms with Crippen LogP contribution in [0.1, 0.15) is 306 Å². The topological polar surface area (TPSA) is 447 Å². The molecular formula is C104H146N8O23S3. The zero-order valence-electron chi connectivity index (χ0n) is 80.2. The Bertz CT molecular complexity index is 4410. The number of likely N-dealkylation sites (tertiary alicyclic amines) is 2. The fourth-order valence-corrected chi connectivity index (χ4v) is 20.3. The molecule has 11 rings (SSSR count). The predicted molar refractivity (Wildman–Crippen MR) is 526 cm³/mol. The van der Waals surface area contributed by atoms with Crippen molar-refractivity contribution in [3.8, 4) is 0 Å². The van der Waals surface area contributed by atoms with Gasteiger partial charge in [0.25, 0.3) is 35.4 Å². The van der Waals surface area contributed by atoms with Crippen molar-refractivity contribution < 1.29 is 111 Å². The third-order valence-corrected chi connectivity index (χ3v) is 29.1. The summed E-state index contributed by atoms with van der Waals surface area (Å²) >= 11 is 7.29. The number of thioether (sulfide) groups is 2. The van der Waals surface area contributed by atoms with Crippen molar-refractivity contribution in [3.05, 3.63) is 120 Å². The number of amides is 13. The lowest BCUT2D eigenvalue weighted by atomic mass is 9.82. The van der Waals surface area contributed by atoms with Gasteiger partial charge in [-0.25, -0.2) is 4.79 Å². The number of carbonyl (C=O) groups excluding carboxylic acids is 17. The van der Waals surface area contributed by atoms with Crippen LogP contribution in [0.4, 0.5) is 0 Å². The van der Waals surface area contributed by atoms with Gasteiger partial charge in [0.15, 0.2) is 0 Å². The molecule has 5 heterocycles. The molecule has 8 aliphatic rings. The van der Waals surface area contributed by atoms with Gasteiger partial charge in [-0.1, -0.05) is 149 Å². The second-order valence-corrected chi connectivity index (χ2v) is 40.2. The lowest BCUT2D eigenvalue weighted by Gasteiger charge is -2.28. The van der Waals surface area contributed by atoms with Crippen molar-refractivity contribution in [1.82, 2.24) is 40.8 Å². The number of Topliss-reactive ketones (excluding diaryl/α,β-unsaturated/α-hetero) is 3. The highest BCUT2D eigenvalue weighted by Crippen LogP contribution is 2.34. The Kier molecular flexibility index (Phi) is 54.8. The number of hydrogen-bond donors (Lipinski definition) is 7. The summed E-state index contributed by atoms with van der Waals surface area (Å²) in [7, 11) is 0. The molecule has 34 heteroatoms. The van der Waals surface area contributed by atoms with Crippen molar-refractivity contribution in [2.24, 2.45) is 35.5 Å². The Morgan fingerprint density at radius 2 is 0.645 bits per heavy atom. The van der Waals surface area contributed by atoms with E-state index in [9.17, 15) is 91.1 Å². The van der Waals surface area contributed by atoms with Crippen molar-refractivity contribution in [2.75, 3.05) is 56.5 Å². The van der Waals surface area contributed by atoms with Gasteiger partial charge in [-0.05, 0) is 206 Å². The lowest BCUT2D eigenvalue weighted by molar-refractivity contribution is -0.201. The number of thiol groups is 1. The molecule has 3 aliphatic carbocycles. The maximum absolute atomic E-state index is 12.8. The van der Waals surface area contributed by atoms with Crippen LogP contribution in [0, 0.1) is 35.5 Å². The van der Waals surface area contributed by atoms with Crippen LogP contribution in [0.3, 0.4) is 0 Å². The zero-order chi connectivity index (χ0) is 99.8. The molecule has 3 saturated carbocycles. The van der Waals surface area contributed by atoms with Gasteiger partial charge < -0.3 is 31.0 Å². The van der Waals surface area contributed by atoms with Crippen LogP contribution < -0.4 is 16.0 Å². The predicted octanol–water partition coefficient (Wildman–Crippen LogP) is 14.6. The smallest absolute Gasteiger partial charge is 0.336 e. The summed E-state index contributed by atoms with van der Waals surface area (Å²) < 4.78 is 0. The number of benzene rings is 3. The Morgan fingerprint density at radius 3 is 0.964 bits per heavy atom. The van der Waals surface area contributed by atoms with Gasteiger partial charge in [-0.3, -0.25) is 106 Å². The molecule has 3 aromatic carbocycles. The molecule has 6 N–H and O–H groups in total. The molecule has 2 atom stereocenters. The van der Waals surface area contributed by atoms with E-state index in [2.05, 4.69) is 28.6 Å². The summed E-state index contributed by atoms with van der Waals surface area (Å²) in [6, 6.07) is 29.6. The summed E-state index contributed by atoms with van der Waals surface area (Å²) in [5, 5.41) is 35.5. The first-order valence-electron chi connectivity index (χ1n) is 50.2. The van der Waals surface area contributed by atoms with E-state index in [1.165, 1.54) is 33.3 Å². The third kappa shape index (κ3) is 45.0. The number of carbonyl (C=O) groups is 19. The maximum atomic E-state index is 12.8. The number of rotatable bonds is 56. The second-order valence-electron chi connectivity index (χ2n) is 37.1. The van der Waals surface area contributed by atoms with E-state index in [-0.39, 0.29) is 142 Å². The van der Waals surface area contributed by atoms with Crippen LogP contribution in [0.5, 0.6) is 0 Å². The lowest BCUT2D eigenvalue weighted by Crippen LogP contribution is -2.37. The molecule has 13 amide bonds. The molecule has 0 spiro atoms. The summed E-state index contributed by atoms with van der Waals surface area (Å²) in [6.07, 6.45) is 35.8. The normalized spacial score (nSPS) is 20.1.